The Morgan fingerprint density at radius 3 is 1.90 bits per heavy atom. The fraction of sp³-hybridized carbons (Fsp3) is 0. The molecule has 1 aromatic heterocycles. The predicted octanol–water partition coefficient (Wildman–Crippen LogP) is 3.14. The molecule has 0 spiro atoms. The maximum absolute atomic E-state index is 13.5. The number of halogens is 5. The van der Waals surface area contributed by atoms with E-state index in [0.29, 0.717) is 0 Å². The highest BCUT2D eigenvalue weighted by molar-refractivity contribution is 5.88. The van der Waals surface area contributed by atoms with Crippen LogP contribution < -0.4 is 0 Å². The van der Waals surface area contributed by atoms with Crippen LogP contribution in [0.15, 0.2) is 18.5 Å². The summed E-state index contributed by atoms with van der Waals surface area (Å²) in [6, 6.07) is 0.758. The van der Waals surface area contributed by atoms with Crippen molar-refractivity contribution >= 4 is 5.97 Å². The van der Waals surface area contributed by atoms with Gasteiger partial charge < -0.3 is 5.11 Å². The minimum absolute atomic E-state index is 0.452. The Hall–Kier alpha value is -2.51. The monoisotopic (exact) mass is 289 g/mol. The van der Waals surface area contributed by atoms with Gasteiger partial charge in [-0.3, -0.25) is 4.98 Å². The van der Waals surface area contributed by atoms with Crippen LogP contribution in [0.1, 0.15) is 10.4 Å². The highest BCUT2D eigenvalue weighted by Gasteiger charge is 2.27. The summed E-state index contributed by atoms with van der Waals surface area (Å²) in [7, 11) is 0. The van der Waals surface area contributed by atoms with E-state index in [1.807, 2.05) is 0 Å². The predicted molar refractivity (Wildman–Crippen MR) is 56.4 cm³/mol. The number of carbonyl (C=O) groups is 1. The summed E-state index contributed by atoms with van der Waals surface area (Å²) in [5, 5.41) is 8.71. The molecule has 2 aromatic rings. The van der Waals surface area contributed by atoms with Crippen LogP contribution in [-0.2, 0) is 0 Å². The van der Waals surface area contributed by atoms with Crippen molar-refractivity contribution in [3.05, 3.63) is 53.1 Å². The number of benzene rings is 1. The van der Waals surface area contributed by atoms with Gasteiger partial charge in [0.15, 0.2) is 23.3 Å². The zero-order chi connectivity index (χ0) is 15.0. The molecule has 3 nitrogen and oxygen atoms in total. The molecule has 0 bridgehead atoms. The van der Waals surface area contributed by atoms with Gasteiger partial charge in [0.25, 0.3) is 0 Å². The van der Waals surface area contributed by atoms with E-state index in [4.69, 9.17) is 5.11 Å². The maximum Gasteiger partial charge on any atom is 0.337 e. The summed E-state index contributed by atoms with van der Waals surface area (Å²) < 4.78 is 66.0. The lowest BCUT2D eigenvalue weighted by Crippen LogP contribution is -2.05. The molecule has 0 aliphatic carbocycles. The molecule has 1 heterocycles. The Morgan fingerprint density at radius 1 is 0.900 bits per heavy atom. The smallest absolute Gasteiger partial charge is 0.337 e. The Labute approximate surface area is 108 Å². The second-order valence-electron chi connectivity index (χ2n) is 3.71. The molecule has 0 aliphatic rings. The van der Waals surface area contributed by atoms with Crippen molar-refractivity contribution in [1.82, 2.24) is 4.98 Å². The molecule has 104 valence electrons. The lowest BCUT2D eigenvalue weighted by atomic mass is 10.0. The van der Waals surface area contributed by atoms with Gasteiger partial charge in [-0.25, -0.2) is 26.7 Å². The third kappa shape index (κ3) is 2.09. The summed E-state index contributed by atoms with van der Waals surface area (Å²) in [4.78, 5) is 14.1. The molecule has 1 aromatic carbocycles. The molecule has 0 saturated carbocycles. The zero-order valence-corrected chi connectivity index (χ0v) is 9.42. The first-order chi connectivity index (χ1) is 9.34. The van der Waals surface area contributed by atoms with Crippen molar-refractivity contribution in [2.24, 2.45) is 0 Å². The van der Waals surface area contributed by atoms with E-state index >= 15 is 0 Å². The summed E-state index contributed by atoms with van der Waals surface area (Å²) in [6.07, 6.45) is 1.67. The highest BCUT2D eigenvalue weighted by Crippen LogP contribution is 2.31. The van der Waals surface area contributed by atoms with Gasteiger partial charge in [-0.05, 0) is 6.07 Å². The number of hydrogen-bond donors (Lipinski definition) is 1. The van der Waals surface area contributed by atoms with Crippen LogP contribution in [0, 0.1) is 29.1 Å². The number of rotatable bonds is 2. The molecule has 1 N–H and O–H groups in total. The summed E-state index contributed by atoms with van der Waals surface area (Å²) in [5.41, 5.74) is -2.21. The van der Waals surface area contributed by atoms with Crippen LogP contribution in [0.5, 0.6) is 0 Å². The normalized spacial score (nSPS) is 10.7. The first-order valence-corrected chi connectivity index (χ1v) is 5.04. The average molecular weight is 289 g/mol. The number of hydrogen-bond acceptors (Lipinski definition) is 2. The van der Waals surface area contributed by atoms with Gasteiger partial charge in [0.2, 0.25) is 5.82 Å². The van der Waals surface area contributed by atoms with Crippen molar-refractivity contribution in [3.63, 3.8) is 0 Å². The molecule has 8 heteroatoms. The molecule has 0 saturated heterocycles. The van der Waals surface area contributed by atoms with Crippen molar-refractivity contribution in [3.8, 4) is 11.1 Å². The first-order valence-electron chi connectivity index (χ1n) is 5.04. The largest absolute Gasteiger partial charge is 0.478 e. The van der Waals surface area contributed by atoms with Crippen molar-refractivity contribution < 1.29 is 31.9 Å². The van der Waals surface area contributed by atoms with Gasteiger partial charge in [0, 0.05) is 18.0 Å². The van der Waals surface area contributed by atoms with Gasteiger partial charge in [-0.15, -0.1) is 0 Å². The minimum atomic E-state index is -2.29. The highest BCUT2D eigenvalue weighted by atomic mass is 19.2. The van der Waals surface area contributed by atoms with Crippen LogP contribution in [0.25, 0.3) is 11.1 Å². The number of nitrogens with zero attached hydrogens (tertiary/aromatic N) is 1. The molecular weight excluding hydrogens is 285 g/mol. The molecule has 0 atom stereocenters. The third-order valence-corrected chi connectivity index (χ3v) is 2.48. The third-order valence-electron chi connectivity index (χ3n) is 2.48. The Bertz CT molecular complexity index is 688. The average Bonchev–Trinajstić information content (AvgIpc) is 2.43. The first kappa shape index (κ1) is 13.9. The minimum Gasteiger partial charge on any atom is -0.478 e. The molecule has 0 amide bonds. The van der Waals surface area contributed by atoms with Crippen molar-refractivity contribution in [2.75, 3.05) is 0 Å². The van der Waals surface area contributed by atoms with Gasteiger partial charge in [0.05, 0.1) is 11.1 Å². The Morgan fingerprint density at radius 2 is 1.40 bits per heavy atom. The topological polar surface area (TPSA) is 50.2 Å². The Kier molecular flexibility index (Phi) is 3.39. The van der Waals surface area contributed by atoms with Crippen LogP contribution in [0.2, 0.25) is 0 Å². The number of carboxylic acids is 1. The summed E-state index contributed by atoms with van der Waals surface area (Å²) in [5.74, 6) is -12.1. The van der Waals surface area contributed by atoms with Gasteiger partial charge >= 0.3 is 5.97 Å². The second-order valence-corrected chi connectivity index (χ2v) is 3.71. The lowest BCUT2D eigenvalue weighted by Gasteiger charge is -2.08. The van der Waals surface area contributed by atoms with E-state index < -0.39 is 51.7 Å². The number of carboxylic acid groups (broad SMARTS) is 1. The van der Waals surface area contributed by atoms with Crippen molar-refractivity contribution in [2.45, 2.75) is 0 Å². The standard InChI is InChI=1S/C12H4F5NO2/c13-7-6(8(14)10(16)11(17)9(7)15)4-1-5(12(19)20)3-18-2-4/h1-3H,(H,19,20). The quantitative estimate of drug-likeness (QED) is 0.525. The molecule has 0 radical (unpaired) electrons. The molecule has 0 fully saturated rings. The summed E-state index contributed by atoms with van der Waals surface area (Å²) in [6.45, 7) is 0. The molecule has 0 unspecified atom stereocenters. The maximum atomic E-state index is 13.5. The molecule has 2 rings (SSSR count). The van der Waals surface area contributed by atoms with E-state index in [1.54, 1.807) is 0 Å². The van der Waals surface area contributed by atoms with Crippen LogP contribution in [0.3, 0.4) is 0 Å². The van der Waals surface area contributed by atoms with Crippen LogP contribution >= 0.6 is 0 Å². The summed E-state index contributed by atoms with van der Waals surface area (Å²) >= 11 is 0. The molecule has 20 heavy (non-hydrogen) atoms. The van der Waals surface area contributed by atoms with Crippen molar-refractivity contribution in [1.29, 1.82) is 0 Å². The number of aromatic nitrogens is 1. The SMILES string of the molecule is O=C(O)c1cncc(-c2c(F)c(F)c(F)c(F)c2F)c1. The van der Waals surface area contributed by atoms with E-state index in [9.17, 15) is 26.7 Å². The number of pyridine rings is 1. The number of aromatic carboxylic acids is 1. The van der Waals surface area contributed by atoms with Crippen LogP contribution in [0.4, 0.5) is 22.0 Å². The van der Waals surface area contributed by atoms with E-state index in [0.717, 1.165) is 18.5 Å². The van der Waals surface area contributed by atoms with Crippen LogP contribution in [-0.4, -0.2) is 16.1 Å². The molecule has 0 aliphatic heterocycles. The molecular formula is C12H4F5NO2. The van der Waals surface area contributed by atoms with E-state index in [2.05, 4.69) is 4.98 Å². The lowest BCUT2D eigenvalue weighted by molar-refractivity contribution is 0.0696. The Balaban J connectivity index is 2.76. The zero-order valence-electron chi connectivity index (χ0n) is 9.42. The van der Waals surface area contributed by atoms with Gasteiger partial charge in [-0.2, -0.15) is 0 Å². The van der Waals surface area contributed by atoms with Gasteiger partial charge in [-0.1, -0.05) is 0 Å². The van der Waals surface area contributed by atoms with E-state index in [1.165, 1.54) is 0 Å². The fourth-order valence-electron chi connectivity index (χ4n) is 1.55. The fourth-order valence-corrected chi connectivity index (χ4v) is 1.55. The second kappa shape index (κ2) is 4.87. The van der Waals surface area contributed by atoms with E-state index in [-0.39, 0.29) is 0 Å². The van der Waals surface area contributed by atoms with Gasteiger partial charge in [0.1, 0.15) is 0 Å².